The predicted octanol–water partition coefficient (Wildman–Crippen LogP) is 5.83. The molecule has 172 valence electrons. The van der Waals surface area contributed by atoms with E-state index in [0.29, 0.717) is 23.4 Å². The largest absolute Gasteiger partial charge is 0.352 e. The summed E-state index contributed by atoms with van der Waals surface area (Å²) in [7, 11) is 0. The van der Waals surface area contributed by atoms with Crippen molar-refractivity contribution >= 4 is 35.2 Å². The molecule has 1 fully saturated rings. The number of hydrogen-bond acceptors (Lipinski definition) is 3. The van der Waals surface area contributed by atoms with Gasteiger partial charge in [0.25, 0.3) is 0 Å². The van der Waals surface area contributed by atoms with Crippen LogP contribution in [0.25, 0.3) is 0 Å². The number of nitrogens with zero attached hydrogens (tertiary/aromatic N) is 1. The zero-order chi connectivity index (χ0) is 22.9. The molecule has 1 atom stereocenters. The maximum absolute atomic E-state index is 14.3. The zero-order valence-corrected chi connectivity index (χ0v) is 19.9. The minimum atomic E-state index is -0.661. The molecule has 7 heteroatoms. The molecular formula is C25H30ClFN2O2S. The lowest BCUT2D eigenvalue weighted by Gasteiger charge is -2.30. The molecular weight excluding hydrogens is 447 g/mol. The van der Waals surface area contributed by atoms with Gasteiger partial charge >= 0.3 is 0 Å². The van der Waals surface area contributed by atoms with E-state index in [1.54, 1.807) is 36.9 Å². The highest BCUT2D eigenvalue weighted by atomic mass is 35.5. The number of carbonyl (C=O) groups is 2. The monoisotopic (exact) mass is 476 g/mol. The van der Waals surface area contributed by atoms with Crippen LogP contribution < -0.4 is 5.32 Å². The smallest absolute Gasteiger partial charge is 0.242 e. The van der Waals surface area contributed by atoms with Gasteiger partial charge in [-0.15, -0.1) is 11.8 Å². The van der Waals surface area contributed by atoms with Gasteiger partial charge in [0, 0.05) is 34.5 Å². The Hall–Kier alpha value is -2.05. The third-order valence-electron chi connectivity index (χ3n) is 5.78. The maximum Gasteiger partial charge on any atom is 0.242 e. The maximum atomic E-state index is 14.3. The van der Waals surface area contributed by atoms with Crippen LogP contribution in [0.5, 0.6) is 0 Å². The standard InChI is InChI=1S/C25H30ClFN2O2S/c1-18(25(31)28-21-8-3-4-9-21)29(17-19-7-2-5-10-23(19)27)24(30)11-6-16-32-22-14-12-20(26)13-15-22/h2,5,7,10,12-15,18,21H,3-4,6,8-9,11,16-17H2,1H3,(H,28,31)/t18-/m1/s1. The Bertz CT molecular complexity index is 903. The minimum Gasteiger partial charge on any atom is -0.352 e. The normalized spacial score (nSPS) is 14.8. The Labute approximate surface area is 198 Å². The average molecular weight is 477 g/mol. The molecule has 2 amide bonds. The van der Waals surface area contributed by atoms with Crippen LogP contribution in [-0.2, 0) is 16.1 Å². The third-order valence-corrected chi connectivity index (χ3v) is 7.14. The van der Waals surface area contributed by atoms with Gasteiger partial charge in [0.1, 0.15) is 11.9 Å². The van der Waals surface area contributed by atoms with Crippen molar-refractivity contribution in [3.63, 3.8) is 0 Å². The Kier molecular flexibility index (Phi) is 9.42. The zero-order valence-electron chi connectivity index (χ0n) is 18.4. The molecule has 0 radical (unpaired) electrons. The lowest BCUT2D eigenvalue weighted by molar-refractivity contribution is -0.141. The van der Waals surface area contributed by atoms with Crippen LogP contribution in [0.2, 0.25) is 5.02 Å². The average Bonchev–Trinajstić information content (AvgIpc) is 3.30. The molecule has 3 rings (SSSR count). The highest BCUT2D eigenvalue weighted by Gasteiger charge is 2.28. The summed E-state index contributed by atoms with van der Waals surface area (Å²) >= 11 is 7.57. The molecule has 0 heterocycles. The van der Waals surface area contributed by atoms with Gasteiger partial charge in [-0.05, 0) is 62.3 Å². The summed E-state index contributed by atoms with van der Waals surface area (Å²) < 4.78 is 14.3. The van der Waals surface area contributed by atoms with Gasteiger partial charge in [0.05, 0.1) is 0 Å². The molecule has 0 aliphatic heterocycles. The molecule has 2 aromatic rings. The Balaban J connectivity index is 1.60. The number of amides is 2. The van der Waals surface area contributed by atoms with Gasteiger partial charge in [-0.25, -0.2) is 4.39 Å². The summed E-state index contributed by atoms with van der Waals surface area (Å²) in [6, 6.07) is 13.5. The highest BCUT2D eigenvalue weighted by molar-refractivity contribution is 7.99. The van der Waals surface area contributed by atoms with Crippen LogP contribution in [0.4, 0.5) is 4.39 Å². The van der Waals surface area contributed by atoms with Gasteiger partial charge in [-0.2, -0.15) is 0 Å². The summed E-state index contributed by atoms with van der Waals surface area (Å²) in [5.41, 5.74) is 0.414. The van der Waals surface area contributed by atoms with E-state index in [2.05, 4.69) is 5.32 Å². The first-order valence-electron chi connectivity index (χ1n) is 11.2. The number of benzene rings is 2. The van der Waals surface area contributed by atoms with E-state index in [9.17, 15) is 14.0 Å². The number of halogens is 2. The number of carbonyl (C=O) groups excluding carboxylic acids is 2. The summed E-state index contributed by atoms with van der Waals surface area (Å²) in [6.07, 6.45) is 5.14. The third kappa shape index (κ3) is 7.24. The molecule has 2 aromatic carbocycles. The van der Waals surface area contributed by atoms with E-state index < -0.39 is 6.04 Å². The molecule has 32 heavy (non-hydrogen) atoms. The second-order valence-electron chi connectivity index (χ2n) is 8.18. The summed E-state index contributed by atoms with van der Waals surface area (Å²) in [4.78, 5) is 28.5. The van der Waals surface area contributed by atoms with Gasteiger partial charge < -0.3 is 10.2 Å². The van der Waals surface area contributed by atoms with Crippen molar-refractivity contribution in [2.45, 2.75) is 69.0 Å². The van der Waals surface area contributed by atoms with Crippen molar-refractivity contribution in [2.24, 2.45) is 0 Å². The van der Waals surface area contributed by atoms with E-state index in [1.807, 2.05) is 24.3 Å². The van der Waals surface area contributed by atoms with Crippen molar-refractivity contribution in [3.05, 3.63) is 64.9 Å². The molecule has 1 aliphatic rings. The fourth-order valence-electron chi connectivity index (χ4n) is 3.87. The fourth-order valence-corrected chi connectivity index (χ4v) is 4.85. The van der Waals surface area contributed by atoms with Gasteiger partial charge in [-0.1, -0.05) is 42.6 Å². The second-order valence-corrected chi connectivity index (χ2v) is 9.79. The highest BCUT2D eigenvalue weighted by Crippen LogP contribution is 2.23. The summed E-state index contributed by atoms with van der Waals surface area (Å²) in [5.74, 6) is 0.0898. The molecule has 0 aromatic heterocycles. The van der Waals surface area contributed by atoms with Crippen molar-refractivity contribution in [3.8, 4) is 0 Å². The molecule has 0 bridgehead atoms. The number of nitrogens with one attached hydrogen (secondary N) is 1. The molecule has 1 aliphatic carbocycles. The Morgan fingerprint density at radius 1 is 1.16 bits per heavy atom. The van der Waals surface area contributed by atoms with Gasteiger partial charge in [-0.3, -0.25) is 9.59 Å². The second kappa shape index (κ2) is 12.3. The van der Waals surface area contributed by atoms with Crippen LogP contribution in [0.3, 0.4) is 0 Å². The molecule has 0 spiro atoms. The number of thioether (sulfide) groups is 1. The van der Waals surface area contributed by atoms with E-state index >= 15 is 0 Å². The molecule has 0 unspecified atom stereocenters. The topological polar surface area (TPSA) is 49.4 Å². The molecule has 1 N–H and O–H groups in total. The van der Waals surface area contributed by atoms with Gasteiger partial charge in [0.2, 0.25) is 11.8 Å². The Morgan fingerprint density at radius 2 is 1.84 bits per heavy atom. The van der Waals surface area contributed by atoms with Crippen molar-refractivity contribution < 1.29 is 14.0 Å². The predicted molar refractivity (Wildman–Crippen MR) is 128 cm³/mol. The molecule has 4 nitrogen and oxygen atoms in total. The van der Waals surface area contributed by atoms with E-state index in [0.717, 1.165) is 36.3 Å². The van der Waals surface area contributed by atoms with E-state index in [1.165, 1.54) is 11.0 Å². The van der Waals surface area contributed by atoms with Crippen LogP contribution in [0.1, 0.15) is 51.0 Å². The first-order valence-corrected chi connectivity index (χ1v) is 12.5. The van der Waals surface area contributed by atoms with Gasteiger partial charge in [0.15, 0.2) is 0 Å². The van der Waals surface area contributed by atoms with Crippen LogP contribution in [-0.4, -0.2) is 34.6 Å². The molecule has 1 saturated carbocycles. The van der Waals surface area contributed by atoms with Crippen LogP contribution in [0, 0.1) is 5.82 Å². The summed E-state index contributed by atoms with van der Waals surface area (Å²) in [5, 5.41) is 3.76. The van der Waals surface area contributed by atoms with E-state index in [4.69, 9.17) is 11.6 Å². The quantitative estimate of drug-likeness (QED) is 0.347. The summed E-state index contributed by atoms with van der Waals surface area (Å²) in [6.45, 7) is 1.81. The van der Waals surface area contributed by atoms with E-state index in [-0.39, 0.29) is 30.2 Å². The van der Waals surface area contributed by atoms with Crippen LogP contribution in [0.15, 0.2) is 53.4 Å². The number of hydrogen-bond donors (Lipinski definition) is 1. The van der Waals surface area contributed by atoms with Crippen molar-refractivity contribution in [1.82, 2.24) is 10.2 Å². The lowest BCUT2D eigenvalue weighted by atomic mass is 10.1. The first kappa shape index (κ1) is 24.6. The van der Waals surface area contributed by atoms with Crippen molar-refractivity contribution in [2.75, 3.05) is 5.75 Å². The number of rotatable bonds is 10. The Morgan fingerprint density at radius 3 is 2.53 bits per heavy atom. The molecule has 0 saturated heterocycles. The first-order chi connectivity index (χ1) is 15.4. The van der Waals surface area contributed by atoms with Crippen LogP contribution >= 0.6 is 23.4 Å². The lowest BCUT2D eigenvalue weighted by Crippen LogP contribution is -2.49. The van der Waals surface area contributed by atoms with Crippen molar-refractivity contribution in [1.29, 1.82) is 0 Å². The fraction of sp³-hybridized carbons (Fsp3) is 0.440. The minimum absolute atomic E-state index is 0.0785. The SMILES string of the molecule is C[C@H](C(=O)NC1CCCC1)N(Cc1ccccc1F)C(=O)CCCSc1ccc(Cl)cc1.